The van der Waals surface area contributed by atoms with Crippen molar-refractivity contribution in [2.24, 2.45) is 0 Å². The number of amides is 3. The summed E-state index contributed by atoms with van der Waals surface area (Å²) in [5.74, 6) is 0.167. The van der Waals surface area contributed by atoms with E-state index in [1.54, 1.807) is 28.2 Å². The Morgan fingerprint density at radius 1 is 1.29 bits per heavy atom. The van der Waals surface area contributed by atoms with Crippen molar-refractivity contribution in [3.63, 3.8) is 0 Å². The van der Waals surface area contributed by atoms with Gasteiger partial charge < -0.3 is 15.1 Å². The van der Waals surface area contributed by atoms with E-state index in [9.17, 15) is 9.59 Å². The fourth-order valence-electron chi connectivity index (χ4n) is 2.70. The molecule has 0 unspecified atom stereocenters. The predicted octanol–water partition coefficient (Wildman–Crippen LogP) is 3.58. The third-order valence-corrected chi connectivity index (χ3v) is 5.06. The zero-order valence-corrected chi connectivity index (χ0v) is 14.5. The molecule has 2 aromatic rings. The number of benzene rings is 1. The highest BCUT2D eigenvalue weighted by Crippen LogP contribution is 2.23. The number of nitrogens with one attached hydrogen (secondary N) is 1. The normalized spacial score (nSPS) is 14.0. The first kappa shape index (κ1) is 16.5. The Morgan fingerprint density at radius 2 is 2.08 bits per heavy atom. The van der Waals surface area contributed by atoms with Crippen LogP contribution in [0.15, 0.2) is 41.8 Å². The van der Waals surface area contributed by atoms with E-state index in [1.165, 1.54) is 4.88 Å². The lowest BCUT2D eigenvalue weighted by molar-refractivity contribution is -0.117. The third-order valence-electron chi connectivity index (χ3n) is 4.12. The Balaban J connectivity index is 1.53. The monoisotopic (exact) mass is 343 g/mol. The van der Waals surface area contributed by atoms with Gasteiger partial charge in [0, 0.05) is 42.8 Å². The second-order valence-electron chi connectivity index (χ2n) is 5.88. The summed E-state index contributed by atoms with van der Waals surface area (Å²) in [7, 11) is 1.79. The minimum atomic E-state index is -0.128. The van der Waals surface area contributed by atoms with Crippen LogP contribution in [0.25, 0.3) is 0 Å². The van der Waals surface area contributed by atoms with E-state index in [4.69, 9.17) is 0 Å². The van der Waals surface area contributed by atoms with Crippen molar-refractivity contribution >= 4 is 34.6 Å². The number of urea groups is 1. The van der Waals surface area contributed by atoms with Crippen molar-refractivity contribution in [1.29, 1.82) is 0 Å². The standard InChI is InChI=1S/C18H21N3O2S/c1-20(12-10-16-4-3-13-24-16)18(23)19-14-6-8-15(9-7-14)21-11-2-5-17(21)22/h3-4,6-9,13H,2,5,10-12H2,1H3,(H,19,23). The first-order chi connectivity index (χ1) is 11.6. The lowest BCUT2D eigenvalue weighted by Gasteiger charge is -2.19. The van der Waals surface area contributed by atoms with Crippen LogP contribution in [0.4, 0.5) is 16.2 Å². The highest BCUT2D eigenvalue weighted by molar-refractivity contribution is 7.09. The summed E-state index contributed by atoms with van der Waals surface area (Å²) in [5.41, 5.74) is 1.62. The summed E-state index contributed by atoms with van der Waals surface area (Å²) >= 11 is 1.70. The first-order valence-electron chi connectivity index (χ1n) is 8.08. The highest BCUT2D eigenvalue weighted by Gasteiger charge is 2.21. The molecule has 1 fully saturated rings. The van der Waals surface area contributed by atoms with Gasteiger partial charge in [-0.3, -0.25) is 4.79 Å². The molecule has 3 amide bonds. The van der Waals surface area contributed by atoms with Crippen LogP contribution in [-0.2, 0) is 11.2 Å². The number of hydrogen-bond acceptors (Lipinski definition) is 3. The Bertz CT molecular complexity index is 698. The van der Waals surface area contributed by atoms with Crippen molar-refractivity contribution in [2.45, 2.75) is 19.3 Å². The molecule has 6 heteroatoms. The van der Waals surface area contributed by atoms with Crippen LogP contribution in [-0.4, -0.2) is 37.0 Å². The van der Waals surface area contributed by atoms with Gasteiger partial charge in [0.1, 0.15) is 0 Å². The van der Waals surface area contributed by atoms with Gasteiger partial charge in [-0.1, -0.05) is 6.07 Å². The molecule has 0 bridgehead atoms. The number of carbonyl (C=O) groups excluding carboxylic acids is 2. The van der Waals surface area contributed by atoms with Gasteiger partial charge in [-0.15, -0.1) is 11.3 Å². The number of rotatable bonds is 5. The lowest BCUT2D eigenvalue weighted by Crippen LogP contribution is -2.32. The van der Waals surface area contributed by atoms with Crippen LogP contribution < -0.4 is 10.2 Å². The predicted molar refractivity (Wildman–Crippen MR) is 97.7 cm³/mol. The summed E-state index contributed by atoms with van der Waals surface area (Å²) in [6, 6.07) is 11.4. The number of carbonyl (C=O) groups is 2. The van der Waals surface area contributed by atoms with E-state index in [0.717, 1.165) is 30.8 Å². The summed E-state index contributed by atoms with van der Waals surface area (Å²) in [5, 5.41) is 4.93. The number of likely N-dealkylation sites (N-methyl/N-ethyl adjacent to an activating group) is 1. The molecule has 1 aliphatic rings. The summed E-state index contributed by atoms with van der Waals surface area (Å²) in [6.07, 6.45) is 2.39. The molecule has 0 atom stereocenters. The molecule has 3 rings (SSSR count). The molecule has 0 aliphatic carbocycles. The minimum absolute atomic E-state index is 0.128. The average Bonchev–Trinajstić information content (AvgIpc) is 3.25. The van der Waals surface area contributed by atoms with Gasteiger partial charge >= 0.3 is 6.03 Å². The Morgan fingerprint density at radius 3 is 2.71 bits per heavy atom. The van der Waals surface area contributed by atoms with Crippen molar-refractivity contribution < 1.29 is 9.59 Å². The van der Waals surface area contributed by atoms with Gasteiger partial charge in [-0.05, 0) is 48.6 Å². The van der Waals surface area contributed by atoms with Crippen molar-refractivity contribution in [3.05, 3.63) is 46.7 Å². The summed E-state index contributed by atoms with van der Waals surface area (Å²) in [4.78, 5) is 28.7. The zero-order chi connectivity index (χ0) is 16.9. The molecule has 1 aliphatic heterocycles. The smallest absolute Gasteiger partial charge is 0.321 e. The molecule has 0 spiro atoms. The minimum Gasteiger partial charge on any atom is -0.327 e. The molecule has 1 aromatic carbocycles. The topological polar surface area (TPSA) is 52.7 Å². The van der Waals surface area contributed by atoms with Crippen LogP contribution in [0.2, 0.25) is 0 Å². The molecule has 1 N–H and O–H groups in total. The Labute approximate surface area is 145 Å². The van der Waals surface area contributed by atoms with Crippen molar-refractivity contribution in [3.8, 4) is 0 Å². The summed E-state index contributed by atoms with van der Waals surface area (Å²) < 4.78 is 0. The van der Waals surface area contributed by atoms with E-state index in [0.29, 0.717) is 13.0 Å². The molecule has 1 saturated heterocycles. The van der Waals surface area contributed by atoms with Gasteiger partial charge in [0.15, 0.2) is 0 Å². The molecule has 5 nitrogen and oxygen atoms in total. The Hall–Kier alpha value is -2.34. The van der Waals surface area contributed by atoms with E-state index < -0.39 is 0 Å². The third kappa shape index (κ3) is 3.94. The maximum atomic E-state index is 12.2. The van der Waals surface area contributed by atoms with E-state index in [-0.39, 0.29) is 11.9 Å². The fourth-order valence-corrected chi connectivity index (χ4v) is 3.40. The van der Waals surface area contributed by atoms with Crippen LogP contribution in [0.3, 0.4) is 0 Å². The first-order valence-corrected chi connectivity index (χ1v) is 8.96. The van der Waals surface area contributed by atoms with Gasteiger partial charge in [0.2, 0.25) is 5.91 Å². The largest absolute Gasteiger partial charge is 0.327 e. The number of nitrogens with zero attached hydrogens (tertiary/aromatic N) is 2. The molecule has 2 heterocycles. The fraction of sp³-hybridized carbons (Fsp3) is 0.333. The maximum absolute atomic E-state index is 12.2. The number of hydrogen-bond donors (Lipinski definition) is 1. The molecule has 1 aromatic heterocycles. The van der Waals surface area contributed by atoms with E-state index in [1.807, 2.05) is 35.7 Å². The lowest BCUT2D eigenvalue weighted by atomic mass is 10.2. The highest BCUT2D eigenvalue weighted by atomic mass is 32.1. The molecule has 126 valence electrons. The van der Waals surface area contributed by atoms with Crippen molar-refractivity contribution in [2.75, 3.05) is 30.4 Å². The molecular formula is C18H21N3O2S. The second kappa shape index (κ2) is 7.49. The van der Waals surface area contributed by atoms with Crippen molar-refractivity contribution in [1.82, 2.24) is 4.90 Å². The summed E-state index contributed by atoms with van der Waals surface area (Å²) in [6.45, 7) is 1.45. The van der Waals surface area contributed by atoms with E-state index >= 15 is 0 Å². The molecule has 0 saturated carbocycles. The second-order valence-corrected chi connectivity index (χ2v) is 6.91. The van der Waals surface area contributed by atoms with Gasteiger partial charge in [-0.2, -0.15) is 0 Å². The van der Waals surface area contributed by atoms with Crippen LogP contribution in [0.1, 0.15) is 17.7 Å². The number of anilines is 2. The maximum Gasteiger partial charge on any atom is 0.321 e. The van der Waals surface area contributed by atoms with Gasteiger partial charge in [0.05, 0.1) is 0 Å². The SMILES string of the molecule is CN(CCc1cccs1)C(=O)Nc1ccc(N2CCCC2=O)cc1. The zero-order valence-electron chi connectivity index (χ0n) is 13.7. The van der Waals surface area contributed by atoms with Gasteiger partial charge in [0.25, 0.3) is 0 Å². The van der Waals surface area contributed by atoms with Crippen LogP contribution in [0.5, 0.6) is 0 Å². The average molecular weight is 343 g/mol. The van der Waals surface area contributed by atoms with Crippen LogP contribution in [0, 0.1) is 0 Å². The quantitative estimate of drug-likeness (QED) is 0.902. The van der Waals surface area contributed by atoms with E-state index in [2.05, 4.69) is 11.4 Å². The van der Waals surface area contributed by atoms with Crippen LogP contribution >= 0.6 is 11.3 Å². The number of thiophene rings is 1. The Kier molecular flexibility index (Phi) is 5.15. The molecule has 0 radical (unpaired) electrons. The van der Waals surface area contributed by atoms with Gasteiger partial charge in [-0.25, -0.2) is 4.79 Å². The molecular weight excluding hydrogens is 322 g/mol. The molecule has 24 heavy (non-hydrogen) atoms.